The Morgan fingerprint density at radius 3 is 2.41 bits per heavy atom. The second-order valence-corrected chi connectivity index (χ2v) is 10.8. The summed E-state index contributed by atoms with van der Waals surface area (Å²) in [6.45, 7) is 6.15. The summed E-state index contributed by atoms with van der Waals surface area (Å²) in [5, 5.41) is -0.309. The van der Waals surface area contributed by atoms with Gasteiger partial charge in [0, 0.05) is 17.8 Å². The number of hydrogen-bond acceptors (Lipinski definition) is 7. The molecule has 0 saturated heterocycles. The molecule has 2 heterocycles. The lowest BCUT2D eigenvalue weighted by molar-refractivity contribution is 0.0973. The van der Waals surface area contributed by atoms with Crippen LogP contribution in [0.1, 0.15) is 42.8 Å². The lowest BCUT2D eigenvalue weighted by Gasteiger charge is -2.18. The van der Waals surface area contributed by atoms with Crippen LogP contribution >= 0.6 is 0 Å². The van der Waals surface area contributed by atoms with Gasteiger partial charge in [-0.25, -0.2) is 19.1 Å². The second kappa shape index (κ2) is 12.0. The summed E-state index contributed by atoms with van der Waals surface area (Å²) >= 11 is 0. The molecule has 0 radical (unpaired) electrons. The number of carbonyl (C=O) groups excluding carboxylic acids is 1. The number of carbonyl (C=O) groups is 1. The molecule has 0 aliphatic heterocycles. The van der Waals surface area contributed by atoms with Crippen molar-refractivity contribution in [2.45, 2.75) is 31.9 Å². The van der Waals surface area contributed by atoms with Crippen LogP contribution in [0.15, 0.2) is 90.1 Å². The number of ether oxygens (including phenoxy) is 2. The molecule has 8 nitrogen and oxygen atoms in total. The molecule has 1 atom stereocenters. The van der Waals surface area contributed by atoms with Gasteiger partial charge in [-0.15, -0.1) is 0 Å². The Labute approximate surface area is 226 Å². The number of hydrogen-bond donors (Lipinski definition) is 1. The first-order valence-electron chi connectivity index (χ1n) is 12.3. The van der Waals surface area contributed by atoms with Crippen molar-refractivity contribution in [2.24, 2.45) is 5.92 Å². The highest BCUT2D eigenvalue weighted by Gasteiger charge is 2.24. The van der Waals surface area contributed by atoms with Crippen LogP contribution in [0, 0.1) is 11.7 Å². The van der Waals surface area contributed by atoms with Crippen molar-refractivity contribution < 1.29 is 27.1 Å². The molecule has 0 aliphatic rings. The molecule has 4 aromatic rings. The van der Waals surface area contributed by atoms with Crippen LogP contribution < -0.4 is 14.2 Å². The summed E-state index contributed by atoms with van der Waals surface area (Å²) in [7, 11) is -4.25. The highest BCUT2D eigenvalue weighted by Crippen LogP contribution is 2.30. The summed E-state index contributed by atoms with van der Waals surface area (Å²) in [6, 6.07) is 20.7. The van der Waals surface area contributed by atoms with E-state index in [9.17, 15) is 17.6 Å². The average Bonchev–Trinajstić information content (AvgIpc) is 2.92. The van der Waals surface area contributed by atoms with Gasteiger partial charge in [0.2, 0.25) is 5.88 Å². The predicted molar refractivity (Wildman–Crippen MR) is 144 cm³/mol. The maximum Gasteiger partial charge on any atom is 0.281 e. The van der Waals surface area contributed by atoms with Crippen LogP contribution in [0.2, 0.25) is 0 Å². The molecule has 1 N–H and O–H groups in total. The summed E-state index contributed by atoms with van der Waals surface area (Å²) < 4.78 is 53.7. The zero-order valence-electron chi connectivity index (χ0n) is 21.7. The number of nitrogens with zero attached hydrogens (tertiary/aromatic N) is 2. The Balaban J connectivity index is 1.71. The minimum Gasteiger partial charge on any atom is -0.493 e. The normalized spacial score (nSPS) is 12.1. The third kappa shape index (κ3) is 7.17. The zero-order valence-corrected chi connectivity index (χ0v) is 22.5. The first kappa shape index (κ1) is 27.7. The van der Waals surface area contributed by atoms with Crippen molar-refractivity contribution in [3.8, 4) is 22.9 Å². The van der Waals surface area contributed by atoms with Crippen molar-refractivity contribution in [3.63, 3.8) is 0 Å². The standard InChI is InChI=1S/C29H28FN3O5S/c1-19(2)18-37-24-16-22(15-23(30)17-24)26-13-12-25(28(34)33-39(35,36)27-11-7-8-14-31-27)29(32-26)38-20(3)21-9-5-4-6-10-21/h4-17,19-20H,18H2,1-3H3,(H,33,34). The van der Waals surface area contributed by atoms with E-state index in [-0.39, 0.29) is 22.4 Å². The molecule has 10 heteroatoms. The molecule has 0 spiro atoms. The Morgan fingerprint density at radius 1 is 0.974 bits per heavy atom. The minimum absolute atomic E-state index is 0.117. The number of aromatic nitrogens is 2. The van der Waals surface area contributed by atoms with Gasteiger partial charge >= 0.3 is 0 Å². The van der Waals surface area contributed by atoms with Crippen molar-refractivity contribution in [1.29, 1.82) is 0 Å². The molecule has 0 saturated carbocycles. The fraction of sp³-hybridized carbons (Fsp3) is 0.207. The van der Waals surface area contributed by atoms with Gasteiger partial charge in [-0.3, -0.25) is 4.79 Å². The van der Waals surface area contributed by atoms with Gasteiger partial charge in [0.1, 0.15) is 23.2 Å². The third-order valence-electron chi connectivity index (χ3n) is 5.55. The monoisotopic (exact) mass is 549 g/mol. The van der Waals surface area contributed by atoms with Gasteiger partial charge in [-0.1, -0.05) is 50.2 Å². The smallest absolute Gasteiger partial charge is 0.281 e. The average molecular weight is 550 g/mol. The van der Waals surface area contributed by atoms with Crippen LogP contribution in [-0.4, -0.2) is 30.9 Å². The first-order chi connectivity index (χ1) is 18.6. The van der Waals surface area contributed by atoms with E-state index >= 15 is 0 Å². The second-order valence-electron chi connectivity index (χ2n) is 9.20. The number of rotatable bonds is 10. The predicted octanol–water partition coefficient (Wildman–Crippen LogP) is 5.58. The fourth-order valence-corrected chi connectivity index (χ4v) is 4.53. The largest absolute Gasteiger partial charge is 0.493 e. The highest BCUT2D eigenvalue weighted by molar-refractivity contribution is 7.90. The Morgan fingerprint density at radius 2 is 1.72 bits per heavy atom. The summed E-state index contributed by atoms with van der Waals surface area (Å²) in [6.07, 6.45) is 0.772. The molecule has 202 valence electrons. The number of sulfonamides is 1. The van der Waals surface area contributed by atoms with Crippen LogP contribution in [0.5, 0.6) is 11.6 Å². The molecule has 2 aromatic heterocycles. The molecule has 0 aliphatic carbocycles. The Kier molecular flexibility index (Phi) is 8.55. The summed E-state index contributed by atoms with van der Waals surface area (Å²) in [4.78, 5) is 21.5. The Hall–Kier alpha value is -4.31. The van der Waals surface area contributed by atoms with E-state index < -0.39 is 27.9 Å². The van der Waals surface area contributed by atoms with E-state index in [1.54, 1.807) is 19.1 Å². The minimum atomic E-state index is -4.25. The van der Waals surface area contributed by atoms with Crippen LogP contribution in [0.3, 0.4) is 0 Å². The van der Waals surface area contributed by atoms with Crippen molar-refractivity contribution in [3.05, 3.63) is 102 Å². The molecular formula is C29H28FN3O5S. The highest BCUT2D eigenvalue weighted by atomic mass is 32.2. The molecule has 4 rings (SSSR count). The number of nitrogens with one attached hydrogen (secondary N) is 1. The van der Waals surface area contributed by atoms with Crippen molar-refractivity contribution in [2.75, 3.05) is 6.61 Å². The van der Waals surface area contributed by atoms with E-state index in [0.717, 1.165) is 5.56 Å². The number of benzene rings is 2. The van der Waals surface area contributed by atoms with E-state index in [1.807, 2.05) is 48.9 Å². The fourth-order valence-electron chi connectivity index (χ4n) is 3.62. The molecule has 0 bridgehead atoms. The molecule has 1 unspecified atom stereocenters. The van der Waals surface area contributed by atoms with Crippen molar-refractivity contribution in [1.82, 2.24) is 14.7 Å². The maximum absolute atomic E-state index is 14.4. The van der Waals surface area contributed by atoms with Crippen LogP contribution in [-0.2, 0) is 10.0 Å². The molecule has 0 fully saturated rings. The van der Waals surface area contributed by atoms with Gasteiger partial charge in [-0.05, 0) is 54.8 Å². The number of amides is 1. The zero-order chi connectivity index (χ0) is 28.0. The van der Waals surface area contributed by atoms with Crippen molar-refractivity contribution >= 4 is 15.9 Å². The third-order valence-corrected chi connectivity index (χ3v) is 6.80. The van der Waals surface area contributed by atoms with Gasteiger partial charge in [0.15, 0.2) is 5.03 Å². The number of pyridine rings is 2. The molecule has 2 aromatic carbocycles. The Bertz CT molecular complexity index is 1550. The van der Waals surface area contributed by atoms with Gasteiger partial charge in [-0.2, -0.15) is 8.42 Å². The van der Waals surface area contributed by atoms with E-state index in [0.29, 0.717) is 23.6 Å². The topological polar surface area (TPSA) is 107 Å². The van der Waals surface area contributed by atoms with E-state index in [1.165, 1.54) is 42.6 Å². The van der Waals surface area contributed by atoms with Crippen LogP contribution in [0.4, 0.5) is 4.39 Å². The first-order valence-corrected chi connectivity index (χ1v) is 13.8. The van der Waals surface area contributed by atoms with E-state index in [4.69, 9.17) is 9.47 Å². The molecule has 39 heavy (non-hydrogen) atoms. The lowest BCUT2D eigenvalue weighted by atomic mass is 10.1. The van der Waals surface area contributed by atoms with E-state index in [2.05, 4.69) is 9.97 Å². The quantitative estimate of drug-likeness (QED) is 0.275. The molecular weight excluding hydrogens is 521 g/mol. The summed E-state index contributed by atoms with van der Waals surface area (Å²) in [5.74, 6) is -1.00. The van der Waals surface area contributed by atoms with Gasteiger partial charge in [0.25, 0.3) is 15.9 Å². The summed E-state index contributed by atoms with van der Waals surface area (Å²) in [5.41, 5.74) is 1.41. The van der Waals surface area contributed by atoms with Crippen LogP contribution in [0.25, 0.3) is 11.3 Å². The molecule has 1 amide bonds. The SMILES string of the molecule is CC(C)COc1cc(F)cc(-c2ccc(C(=O)NS(=O)(=O)c3ccccn3)c(OC(C)c3ccccc3)n2)c1. The number of halogens is 1. The maximum atomic E-state index is 14.4. The van der Waals surface area contributed by atoms with Gasteiger partial charge < -0.3 is 9.47 Å². The van der Waals surface area contributed by atoms with Gasteiger partial charge in [0.05, 0.1) is 12.3 Å². The lowest BCUT2D eigenvalue weighted by Crippen LogP contribution is -2.31.